The fourth-order valence-electron chi connectivity index (χ4n) is 2.18. The second kappa shape index (κ2) is 11.7. The van der Waals surface area contributed by atoms with E-state index in [0.29, 0.717) is 12.3 Å². The van der Waals surface area contributed by atoms with E-state index in [1.807, 2.05) is 6.92 Å². The number of rotatable bonds is 11. The maximum Gasteiger partial charge on any atom is 0.410 e. The van der Waals surface area contributed by atoms with Gasteiger partial charge in [0.15, 0.2) is 0 Å². The molecule has 0 aromatic heterocycles. The molecule has 0 heterocycles. The maximum atomic E-state index is 11.6. The normalized spacial score (nSPS) is 14.6. The fraction of sp³-hybridized carbons (Fsp3) is 0.824. The molecule has 0 rings (SSSR count). The number of carboxylic acids is 1. The Morgan fingerprint density at radius 1 is 1.04 bits per heavy atom. The first-order chi connectivity index (χ1) is 11.1. The first-order valence-electron chi connectivity index (χ1n) is 8.52. The predicted octanol–water partition coefficient (Wildman–Crippen LogP) is 3.18. The Bertz CT molecular complexity index is 410. The minimum Gasteiger partial charge on any atom is -0.481 e. The zero-order valence-corrected chi connectivity index (χ0v) is 15.3. The van der Waals surface area contributed by atoms with Crippen LogP contribution < -0.4 is 5.32 Å². The van der Waals surface area contributed by atoms with Crippen LogP contribution in [0.2, 0.25) is 0 Å². The van der Waals surface area contributed by atoms with E-state index in [-0.39, 0.29) is 18.9 Å². The number of ether oxygens (including phenoxy) is 2. The Morgan fingerprint density at radius 3 is 2.17 bits per heavy atom. The van der Waals surface area contributed by atoms with Gasteiger partial charge in [-0.05, 0) is 18.3 Å². The molecule has 0 spiro atoms. The van der Waals surface area contributed by atoms with E-state index < -0.39 is 30.2 Å². The van der Waals surface area contributed by atoms with Crippen LogP contribution in [0.25, 0.3) is 0 Å². The molecule has 0 fully saturated rings. The lowest BCUT2D eigenvalue weighted by molar-refractivity contribution is -0.164. The molecule has 7 nitrogen and oxygen atoms in total. The Hall–Kier alpha value is -1.79. The van der Waals surface area contributed by atoms with Gasteiger partial charge in [-0.3, -0.25) is 9.59 Å². The summed E-state index contributed by atoms with van der Waals surface area (Å²) in [5.74, 6) is -1.25. The lowest BCUT2D eigenvalue weighted by atomic mass is 9.90. The molecule has 0 saturated carbocycles. The number of hydrogen-bond donors (Lipinski definition) is 2. The fourth-order valence-corrected chi connectivity index (χ4v) is 2.18. The molecule has 140 valence electrons. The molecule has 0 saturated heterocycles. The monoisotopic (exact) mass is 345 g/mol. The summed E-state index contributed by atoms with van der Waals surface area (Å²) in [6, 6.07) is 0. The second-order valence-electron chi connectivity index (χ2n) is 6.54. The third-order valence-corrected chi connectivity index (χ3v) is 3.62. The van der Waals surface area contributed by atoms with Gasteiger partial charge in [0.05, 0.1) is 5.92 Å². The minimum atomic E-state index is -1.01. The van der Waals surface area contributed by atoms with Gasteiger partial charge in [-0.15, -0.1) is 0 Å². The van der Waals surface area contributed by atoms with Crippen molar-refractivity contribution in [2.75, 3.05) is 6.54 Å². The molecule has 2 N–H and O–H groups in total. The number of nitrogens with one attached hydrogen (secondary N) is 1. The topological polar surface area (TPSA) is 102 Å². The molecule has 0 unspecified atom stereocenters. The smallest absolute Gasteiger partial charge is 0.410 e. The average Bonchev–Trinajstić information content (AvgIpc) is 2.48. The molecular weight excluding hydrogens is 314 g/mol. The number of esters is 1. The number of alkyl carbamates (subject to hydrolysis) is 1. The van der Waals surface area contributed by atoms with Gasteiger partial charge in [-0.1, -0.05) is 40.5 Å². The van der Waals surface area contributed by atoms with Gasteiger partial charge in [0.1, 0.15) is 0 Å². The van der Waals surface area contributed by atoms with E-state index >= 15 is 0 Å². The van der Waals surface area contributed by atoms with Crippen LogP contribution in [0.15, 0.2) is 0 Å². The first-order valence-corrected chi connectivity index (χ1v) is 8.52. The largest absolute Gasteiger partial charge is 0.481 e. The van der Waals surface area contributed by atoms with Crippen LogP contribution in [0.3, 0.4) is 0 Å². The van der Waals surface area contributed by atoms with Gasteiger partial charge < -0.3 is 19.9 Å². The number of hydrogen-bond acceptors (Lipinski definition) is 5. The van der Waals surface area contributed by atoms with Crippen LogP contribution in [0.4, 0.5) is 4.79 Å². The molecule has 0 aromatic carbocycles. The number of amides is 1. The minimum absolute atomic E-state index is 0.0192. The number of aliphatic carboxylic acids is 1. The Balaban J connectivity index is 4.26. The van der Waals surface area contributed by atoms with Crippen LogP contribution in [-0.2, 0) is 19.1 Å². The van der Waals surface area contributed by atoms with E-state index in [1.54, 1.807) is 6.92 Å². The first kappa shape index (κ1) is 22.2. The van der Waals surface area contributed by atoms with E-state index in [4.69, 9.17) is 9.47 Å². The Labute approximate surface area is 144 Å². The third kappa shape index (κ3) is 10.9. The van der Waals surface area contributed by atoms with Gasteiger partial charge >= 0.3 is 18.0 Å². The van der Waals surface area contributed by atoms with Crippen molar-refractivity contribution < 1.29 is 29.0 Å². The van der Waals surface area contributed by atoms with Crippen molar-refractivity contribution in [3.8, 4) is 0 Å². The summed E-state index contributed by atoms with van der Waals surface area (Å²) in [6.45, 7) is 9.32. The Kier molecular flexibility index (Phi) is 10.8. The molecule has 0 aliphatic heterocycles. The highest BCUT2D eigenvalue weighted by atomic mass is 16.7. The number of carbonyl (C=O) groups excluding carboxylic acids is 2. The van der Waals surface area contributed by atoms with Crippen LogP contribution in [0.5, 0.6) is 0 Å². The average molecular weight is 345 g/mol. The summed E-state index contributed by atoms with van der Waals surface area (Å²) in [6.07, 6.45) is 0.866. The molecule has 0 aliphatic carbocycles. The third-order valence-electron chi connectivity index (χ3n) is 3.62. The summed E-state index contributed by atoms with van der Waals surface area (Å²) >= 11 is 0. The quantitative estimate of drug-likeness (QED) is 0.440. The van der Waals surface area contributed by atoms with Crippen molar-refractivity contribution in [1.29, 1.82) is 0 Å². The second-order valence-corrected chi connectivity index (χ2v) is 6.54. The van der Waals surface area contributed by atoms with E-state index in [1.165, 1.54) is 6.92 Å². The molecule has 7 heteroatoms. The highest BCUT2D eigenvalue weighted by Gasteiger charge is 2.22. The summed E-state index contributed by atoms with van der Waals surface area (Å²) in [4.78, 5) is 34.0. The van der Waals surface area contributed by atoms with E-state index in [2.05, 4.69) is 19.2 Å². The van der Waals surface area contributed by atoms with Crippen molar-refractivity contribution in [2.24, 2.45) is 17.8 Å². The van der Waals surface area contributed by atoms with Gasteiger partial charge in [0, 0.05) is 19.9 Å². The van der Waals surface area contributed by atoms with Gasteiger partial charge in [-0.25, -0.2) is 4.79 Å². The lowest BCUT2D eigenvalue weighted by Crippen LogP contribution is -2.36. The van der Waals surface area contributed by atoms with Crippen LogP contribution in [-0.4, -0.2) is 36.0 Å². The van der Waals surface area contributed by atoms with Crippen molar-refractivity contribution in [3.63, 3.8) is 0 Å². The zero-order chi connectivity index (χ0) is 18.7. The SMILES string of the molecule is CCC(=O)O[C@H](C)OC(=O)NC[C@@H](C[C@@H](C)CCC(C)C)C(=O)O. The number of carboxylic acid groups (broad SMARTS) is 1. The summed E-state index contributed by atoms with van der Waals surface area (Å²) in [5.41, 5.74) is 0. The molecule has 0 aliphatic rings. The molecule has 0 bridgehead atoms. The van der Waals surface area contributed by atoms with Crippen LogP contribution >= 0.6 is 0 Å². The van der Waals surface area contributed by atoms with Crippen molar-refractivity contribution in [1.82, 2.24) is 5.32 Å². The van der Waals surface area contributed by atoms with Crippen LogP contribution in [0.1, 0.15) is 60.3 Å². The van der Waals surface area contributed by atoms with Crippen molar-refractivity contribution in [2.45, 2.75) is 66.6 Å². The van der Waals surface area contributed by atoms with Crippen molar-refractivity contribution >= 4 is 18.0 Å². The standard InChI is InChI=1S/C17H31NO6/c1-6-15(19)23-13(5)24-17(22)18-10-14(16(20)21)9-12(4)8-7-11(2)3/h11-14H,6-10H2,1-5H3,(H,18,22)(H,20,21)/t12-,13-,14+/m0/s1. The summed E-state index contributed by atoms with van der Waals surface area (Å²) in [5, 5.41) is 11.7. The highest BCUT2D eigenvalue weighted by molar-refractivity contribution is 5.73. The predicted molar refractivity (Wildman–Crippen MR) is 89.3 cm³/mol. The summed E-state index contributed by atoms with van der Waals surface area (Å²) < 4.78 is 9.66. The maximum absolute atomic E-state index is 11.6. The zero-order valence-electron chi connectivity index (χ0n) is 15.3. The molecule has 3 atom stereocenters. The van der Waals surface area contributed by atoms with Gasteiger partial charge in [0.25, 0.3) is 0 Å². The molecule has 0 aromatic rings. The highest BCUT2D eigenvalue weighted by Crippen LogP contribution is 2.19. The lowest BCUT2D eigenvalue weighted by Gasteiger charge is -2.19. The van der Waals surface area contributed by atoms with E-state index in [0.717, 1.165) is 12.8 Å². The van der Waals surface area contributed by atoms with Gasteiger partial charge in [-0.2, -0.15) is 0 Å². The molecule has 0 radical (unpaired) electrons. The van der Waals surface area contributed by atoms with Crippen LogP contribution in [0, 0.1) is 17.8 Å². The Morgan fingerprint density at radius 2 is 1.67 bits per heavy atom. The molecule has 24 heavy (non-hydrogen) atoms. The summed E-state index contributed by atoms with van der Waals surface area (Å²) in [7, 11) is 0. The molecule has 1 amide bonds. The van der Waals surface area contributed by atoms with Gasteiger partial charge in [0.2, 0.25) is 6.29 Å². The van der Waals surface area contributed by atoms with Crippen molar-refractivity contribution in [3.05, 3.63) is 0 Å². The molecular formula is C17H31NO6. The van der Waals surface area contributed by atoms with E-state index in [9.17, 15) is 19.5 Å². The number of carbonyl (C=O) groups is 3.